The lowest BCUT2D eigenvalue weighted by molar-refractivity contribution is 0.156. The Balaban J connectivity index is 2.22. The first-order valence-corrected chi connectivity index (χ1v) is 6.25. The Hall–Kier alpha value is -1.39. The van der Waals surface area contributed by atoms with Crippen LogP contribution < -0.4 is 5.73 Å². The molecule has 0 unspecified atom stereocenters. The van der Waals surface area contributed by atoms with Crippen molar-refractivity contribution in [3.8, 4) is 0 Å². The summed E-state index contributed by atoms with van der Waals surface area (Å²) in [5.74, 6) is 0. The topological polar surface area (TPSA) is 47.1 Å². The third kappa shape index (κ3) is 2.40. The number of nitrogens with two attached hydrogens (primary N) is 1. The van der Waals surface area contributed by atoms with Crippen LogP contribution >= 0.6 is 0 Å². The molecule has 0 aliphatic heterocycles. The van der Waals surface area contributed by atoms with Crippen LogP contribution in [0.2, 0.25) is 0 Å². The Kier molecular flexibility index (Phi) is 3.41. The molecule has 0 radical (unpaired) electrons. The highest BCUT2D eigenvalue weighted by Crippen LogP contribution is 2.18. The van der Waals surface area contributed by atoms with Gasteiger partial charge < -0.3 is 10.3 Å². The zero-order valence-electron chi connectivity index (χ0n) is 11.6. The summed E-state index contributed by atoms with van der Waals surface area (Å²) in [6.07, 6.45) is 1.85. The average molecular weight is 246 g/mol. The molecule has 4 heteroatoms. The number of likely N-dealkylation sites (N-methyl/N-ethyl adjacent to an activating group) is 1. The first-order valence-electron chi connectivity index (χ1n) is 6.25. The molecule has 0 fully saturated rings. The molecule has 2 aromatic rings. The second-order valence-corrected chi connectivity index (χ2v) is 5.55. The molecule has 0 spiro atoms. The minimum Gasteiger partial charge on any atom is -0.334 e. The number of aromatic nitrogens is 2. The Morgan fingerprint density at radius 1 is 1.39 bits per heavy atom. The molecule has 98 valence electrons. The van der Waals surface area contributed by atoms with Gasteiger partial charge in [0.25, 0.3) is 0 Å². The third-order valence-corrected chi connectivity index (χ3v) is 3.74. The molecule has 0 amide bonds. The second kappa shape index (κ2) is 4.71. The molecule has 2 rings (SSSR count). The van der Waals surface area contributed by atoms with Gasteiger partial charge in [0.1, 0.15) is 0 Å². The second-order valence-electron chi connectivity index (χ2n) is 5.55. The maximum absolute atomic E-state index is 5.80. The van der Waals surface area contributed by atoms with Gasteiger partial charge in [-0.3, -0.25) is 4.90 Å². The lowest BCUT2D eigenvalue weighted by atomic mass is 10.0. The molecule has 1 aromatic heterocycles. The Bertz CT molecular complexity index is 542. The van der Waals surface area contributed by atoms with E-state index >= 15 is 0 Å². The molecule has 18 heavy (non-hydrogen) atoms. The molecule has 0 aliphatic carbocycles. The number of aryl methyl sites for hydroxylation is 1. The zero-order chi connectivity index (χ0) is 13.3. The maximum atomic E-state index is 5.80. The van der Waals surface area contributed by atoms with Crippen LogP contribution in [0.25, 0.3) is 11.0 Å². The third-order valence-electron chi connectivity index (χ3n) is 3.74. The largest absolute Gasteiger partial charge is 0.334 e. The van der Waals surface area contributed by atoms with Crippen molar-refractivity contribution in [3.63, 3.8) is 0 Å². The van der Waals surface area contributed by atoms with Crippen LogP contribution in [0.1, 0.15) is 19.4 Å². The SMILES string of the molecule is CN(Cc1ccc2c(c1)ncn2C)C(C)(C)CN. The average Bonchev–Trinajstić information content (AvgIpc) is 2.70. The normalized spacial score (nSPS) is 12.6. The van der Waals surface area contributed by atoms with E-state index in [4.69, 9.17) is 5.73 Å². The first kappa shape index (κ1) is 13.1. The molecule has 2 N–H and O–H groups in total. The first-order chi connectivity index (χ1) is 8.44. The van der Waals surface area contributed by atoms with Crippen molar-refractivity contribution in [3.05, 3.63) is 30.1 Å². The van der Waals surface area contributed by atoms with Crippen molar-refractivity contribution < 1.29 is 0 Å². The van der Waals surface area contributed by atoms with Gasteiger partial charge in [0, 0.05) is 25.7 Å². The molecule has 0 bridgehead atoms. The van der Waals surface area contributed by atoms with Crippen LogP contribution in [0, 0.1) is 0 Å². The minimum absolute atomic E-state index is 0.0130. The maximum Gasteiger partial charge on any atom is 0.0955 e. The summed E-state index contributed by atoms with van der Waals surface area (Å²) in [7, 11) is 4.12. The van der Waals surface area contributed by atoms with Crippen molar-refractivity contribution in [2.45, 2.75) is 25.9 Å². The van der Waals surface area contributed by atoms with Crippen LogP contribution in [-0.4, -0.2) is 33.6 Å². The molecule has 0 saturated heterocycles. The van der Waals surface area contributed by atoms with Crippen LogP contribution in [-0.2, 0) is 13.6 Å². The lowest BCUT2D eigenvalue weighted by Gasteiger charge is -2.34. The highest BCUT2D eigenvalue weighted by molar-refractivity contribution is 5.75. The minimum atomic E-state index is 0.0130. The van der Waals surface area contributed by atoms with Gasteiger partial charge in [-0.05, 0) is 38.6 Å². The van der Waals surface area contributed by atoms with Crippen LogP contribution in [0.15, 0.2) is 24.5 Å². The monoisotopic (exact) mass is 246 g/mol. The van der Waals surface area contributed by atoms with Gasteiger partial charge in [-0.2, -0.15) is 0 Å². The fraction of sp³-hybridized carbons (Fsp3) is 0.500. The van der Waals surface area contributed by atoms with Gasteiger partial charge in [0.05, 0.1) is 17.4 Å². The van der Waals surface area contributed by atoms with Crippen molar-refractivity contribution in [2.24, 2.45) is 12.8 Å². The molecule has 0 saturated carbocycles. The Labute approximate surface area is 108 Å². The van der Waals surface area contributed by atoms with Crippen molar-refractivity contribution in [1.29, 1.82) is 0 Å². The summed E-state index contributed by atoms with van der Waals surface area (Å²) < 4.78 is 2.03. The summed E-state index contributed by atoms with van der Waals surface area (Å²) in [6.45, 7) is 5.85. The van der Waals surface area contributed by atoms with Crippen LogP contribution in [0.3, 0.4) is 0 Å². The quantitative estimate of drug-likeness (QED) is 0.894. The van der Waals surface area contributed by atoms with E-state index in [-0.39, 0.29) is 5.54 Å². The summed E-state index contributed by atoms with van der Waals surface area (Å²) >= 11 is 0. The number of hydrogen-bond donors (Lipinski definition) is 1. The summed E-state index contributed by atoms with van der Waals surface area (Å²) in [5, 5.41) is 0. The highest BCUT2D eigenvalue weighted by atomic mass is 15.2. The Morgan fingerprint density at radius 2 is 2.11 bits per heavy atom. The van der Waals surface area contributed by atoms with E-state index in [2.05, 4.69) is 49.0 Å². The standard InChI is InChI=1S/C14H22N4/c1-14(2,9-15)18(4)8-11-5-6-13-12(7-11)16-10-17(13)3/h5-7,10H,8-9,15H2,1-4H3. The zero-order valence-corrected chi connectivity index (χ0v) is 11.6. The smallest absolute Gasteiger partial charge is 0.0955 e. The Morgan fingerprint density at radius 3 is 2.78 bits per heavy atom. The van der Waals surface area contributed by atoms with Crippen LogP contribution in [0.4, 0.5) is 0 Å². The van der Waals surface area contributed by atoms with Crippen molar-refractivity contribution in [2.75, 3.05) is 13.6 Å². The fourth-order valence-corrected chi connectivity index (χ4v) is 1.92. The molecule has 0 atom stereocenters. The van der Waals surface area contributed by atoms with Crippen molar-refractivity contribution >= 4 is 11.0 Å². The molecule has 0 aliphatic rings. The predicted octanol–water partition coefficient (Wildman–Crippen LogP) is 1.74. The number of imidazole rings is 1. The number of hydrogen-bond acceptors (Lipinski definition) is 3. The number of fused-ring (bicyclic) bond motifs is 1. The van der Waals surface area contributed by atoms with E-state index in [1.54, 1.807) is 0 Å². The molecule has 4 nitrogen and oxygen atoms in total. The number of rotatable bonds is 4. The van der Waals surface area contributed by atoms with Gasteiger partial charge in [0.15, 0.2) is 0 Å². The number of nitrogens with zero attached hydrogens (tertiary/aromatic N) is 3. The lowest BCUT2D eigenvalue weighted by Crippen LogP contribution is -2.46. The van der Waals surface area contributed by atoms with Crippen molar-refractivity contribution in [1.82, 2.24) is 14.5 Å². The fourth-order valence-electron chi connectivity index (χ4n) is 1.92. The van der Waals surface area contributed by atoms with E-state index in [0.29, 0.717) is 6.54 Å². The van der Waals surface area contributed by atoms with E-state index < -0.39 is 0 Å². The van der Waals surface area contributed by atoms with Gasteiger partial charge in [-0.15, -0.1) is 0 Å². The van der Waals surface area contributed by atoms with E-state index in [1.807, 2.05) is 17.9 Å². The summed E-state index contributed by atoms with van der Waals surface area (Å²) in [5.41, 5.74) is 9.30. The highest BCUT2D eigenvalue weighted by Gasteiger charge is 2.21. The molecular formula is C14H22N4. The van der Waals surface area contributed by atoms with E-state index in [1.165, 1.54) is 11.1 Å². The molecule has 1 aromatic carbocycles. The van der Waals surface area contributed by atoms with Gasteiger partial charge in [-0.1, -0.05) is 6.07 Å². The van der Waals surface area contributed by atoms with E-state index in [9.17, 15) is 0 Å². The van der Waals surface area contributed by atoms with Gasteiger partial charge >= 0.3 is 0 Å². The molecular weight excluding hydrogens is 224 g/mol. The van der Waals surface area contributed by atoms with Gasteiger partial charge in [0.2, 0.25) is 0 Å². The van der Waals surface area contributed by atoms with Gasteiger partial charge in [-0.25, -0.2) is 4.98 Å². The molecule has 1 heterocycles. The summed E-state index contributed by atoms with van der Waals surface area (Å²) in [6, 6.07) is 6.44. The van der Waals surface area contributed by atoms with E-state index in [0.717, 1.165) is 12.1 Å². The number of benzene rings is 1. The summed E-state index contributed by atoms with van der Waals surface area (Å²) in [4.78, 5) is 6.66. The predicted molar refractivity (Wildman–Crippen MR) is 75.3 cm³/mol. The van der Waals surface area contributed by atoms with Crippen LogP contribution in [0.5, 0.6) is 0 Å².